The summed E-state index contributed by atoms with van der Waals surface area (Å²) in [4.78, 5) is 41.6. The standard InChI is InChI=1S/C22H21N3O6S/c1-3-30-11-10-24-16-9-8-14(20(27)29-2)12-18(16)32-21(24)23-19(26)13-25-15-6-4-5-7-17(15)31-22(25)28/h4-9,12H,3,10-11,13H2,1-2H3. The second-order valence-corrected chi connectivity index (χ2v) is 7.84. The fourth-order valence-corrected chi connectivity index (χ4v) is 4.47. The van der Waals surface area contributed by atoms with Gasteiger partial charge in [0.2, 0.25) is 0 Å². The molecule has 0 N–H and O–H groups in total. The first-order chi connectivity index (χ1) is 15.5. The highest BCUT2D eigenvalue weighted by Crippen LogP contribution is 2.20. The molecular formula is C22H21N3O6S. The van der Waals surface area contributed by atoms with Gasteiger partial charge in [-0.15, -0.1) is 0 Å². The molecule has 4 rings (SSSR count). The number of oxazole rings is 1. The molecule has 0 spiro atoms. The molecule has 9 nitrogen and oxygen atoms in total. The lowest BCUT2D eigenvalue weighted by molar-refractivity contribution is -0.118. The number of ether oxygens (including phenoxy) is 2. The number of amides is 1. The second-order valence-electron chi connectivity index (χ2n) is 6.83. The molecular weight excluding hydrogens is 434 g/mol. The molecule has 10 heteroatoms. The minimum atomic E-state index is -0.613. The molecule has 4 aromatic rings. The van der Waals surface area contributed by atoms with Crippen molar-refractivity contribution in [2.45, 2.75) is 20.0 Å². The third kappa shape index (κ3) is 4.27. The van der Waals surface area contributed by atoms with Crippen LogP contribution in [-0.4, -0.2) is 41.3 Å². The van der Waals surface area contributed by atoms with E-state index in [2.05, 4.69) is 4.99 Å². The van der Waals surface area contributed by atoms with Crippen molar-refractivity contribution in [1.29, 1.82) is 0 Å². The van der Waals surface area contributed by atoms with Crippen molar-refractivity contribution in [3.05, 3.63) is 63.4 Å². The molecule has 2 aromatic carbocycles. The van der Waals surface area contributed by atoms with E-state index in [0.29, 0.717) is 41.2 Å². The fraction of sp³-hybridized carbons (Fsp3) is 0.273. The largest absolute Gasteiger partial charge is 0.465 e. The van der Waals surface area contributed by atoms with Gasteiger partial charge in [-0.3, -0.25) is 9.36 Å². The molecule has 0 fully saturated rings. The molecule has 0 radical (unpaired) electrons. The monoisotopic (exact) mass is 455 g/mol. The molecule has 0 atom stereocenters. The summed E-state index contributed by atoms with van der Waals surface area (Å²) in [6, 6.07) is 12.1. The molecule has 0 saturated carbocycles. The summed E-state index contributed by atoms with van der Waals surface area (Å²) >= 11 is 1.27. The highest BCUT2D eigenvalue weighted by atomic mass is 32.1. The number of hydrogen-bond donors (Lipinski definition) is 0. The van der Waals surface area contributed by atoms with Gasteiger partial charge in [-0.1, -0.05) is 23.5 Å². The van der Waals surface area contributed by atoms with Crippen LogP contribution in [0.25, 0.3) is 21.3 Å². The minimum absolute atomic E-state index is 0.247. The Balaban J connectivity index is 1.74. The van der Waals surface area contributed by atoms with Crippen molar-refractivity contribution >= 4 is 44.5 Å². The molecule has 0 bridgehead atoms. The van der Waals surface area contributed by atoms with Crippen LogP contribution in [0.5, 0.6) is 0 Å². The van der Waals surface area contributed by atoms with Crippen molar-refractivity contribution in [3.63, 3.8) is 0 Å². The molecule has 0 aliphatic carbocycles. The third-order valence-corrected chi connectivity index (χ3v) is 5.90. The quantitative estimate of drug-likeness (QED) is 0.313. The first-order valence-corrected chi connectivity index (χ1v) is 10.8. The van der Waals surface area contributed by atoms with E-state index < -0.39 is 17.6 Å². The highest BCUT2D eigenvalue weighted by molar-refractivity contribution is 7.16. The Morgan fingerprint density at radius 3 is 2.72 bits per heavy atom. The van der Waals surface area contributed by atoms with Gasteiger partial charge in [0, 0.05) is 13.2 Å². The van der Waals surface area contributed by atoms with Crippen LogP contribution in [0.2, 0.25) is 0 Å². The van der Waals surface area contributed by atoms with Gasteiger partial charge in [0.15, 0.2) is 10.4 Å². The number of carbonyl (C=O) groups excluding carboxylic acids is 2. The number of esters is 1. The average Bonchev–Trinajstić information content (AvgIpc) is 3.29. The molecule has 2 heterocycles. The number of aromatic nitrogens is 2. The van der Waals surface area contributed by atoms with Gasteiger partial charge in [-0.25, -0.2) is 9.59 Å². The zero-order valence-electron chi connectivity index (χ0n) is 17.6. The highest BCUT2D eigenvalue weighted by Gasteiger charge is 2.14. The van der Waals surface area contributed by atoms with Crippen molar-refractivity contribution in [2.24, 2.45) is 4.99 Å². The summed E-state index contributed by atoms with van der Waals surface area (Å²) in [5, 5.41) is 0. The fourth-order valence-electron chi connectivity index (χ4n) is 3.36. The summed E-state index contributed by atoms with van der Waals surface area (Å²) in [7, 11) is 1.32. The molecule has 0 aliphatic rings. The Labute approximate surface area is 186 Å². The number of para-hydroxylation sites is 2. The van der Waals surface area contributed by atoms with E-state index >= 15 is 0 Å². The van der Waals surface area contributed by atoms with Gasteiger partial charge < -0.3 is 18.5 Å². The lowest BCUT2D eigenvalue weighted by Crippen LogP contribution is -2.23. The number of nitrogens with zero attached hydrogens (tertiary/aromatic N) is 3. The van der Waals surface area contributed by atoms with E-state index in [9.17, 15) is 14.4 Å². The molecule has 32 heavy (non-hydrogen) atoms. The van der Waals surface area contributed by atoms with Crippen LogP contribution >= 0.6 is 11.3 Å². The van der Waals surface area contributed by atoms with E-state index in [4.69, 9.17) is 13.9 Å². The number of methoxy groups -OCH3 is 1. The van der Waals surface area contributed by atoms with E-state index in [1.54, 1.807) is 42.5 Å². The Morgan fingerprint density at radius 2 is 1.94 bits per heavy atom. The average molecular weight is 455 g/mol. The first kappa shape index (κ1) is 21.7. The number of hydrogen-bond acceptors (Lipinski definition) is 7. The van der Waals surface area contributed by atoms with E-state index in [1.807, 2.05) is 11.5 Å². The topological polar surface area (TPSA) is 105 Å². The Morgan fingerprint density at radius 1 is 1.12 bits per heavy atom. The lowest BCUT2D eigenvalue weighted by atomic mass is 10.2. The maximum Gasteiger partial charge on any atom is 0.420 e. The maximum atomic E-state index is 12.8. The Bertz CT molecular complexity index is 1420. The molecule has 0 aliphatic heterocycles. The van der Waals surface area contributed by atoms with Crippen molar-refractivity contribution < 1.29 is 23.5 Å². The smallest absolute Gasteiger partial charge is 0.420 e. The van der Waals surface area contributed by atoms with E-state index in [1.165, 1.54) is 23.0 Å². The third-order valence-electron chi connectivity index (χ3n) is 4.85. The number of thiazole rings is 1. The van der Waals surface area contributed by atoms with E-state index in [0.717, 1.165) is 10.2 Å². The predicted molar refractivity (Wildman–Crippen MR) is 119 cm³/mol. The summed E-state index contributed by atoms with van der Waals surface area (Å²) in [5.41, 5.74) is 2.17. The van der Waals surface area contributed by atoms with Crippen LogP contribution in [0.15, 0.2) is 56.7 Å². The molecule has 0 unspecified atom stereocenters. The SMILES string of the molecule is CCOCCn1c(=NC(=O)Cn2c(=O)oc3ccccc32)sc2cc(C(=O)OC)ccc21. The van der Waals surface area contributed by atoms with Gasteiger partial charge in [0.05, 0.1) is 35.0 Å². The predicted octanol–water partition coefficient (Wildman–Crippen LogP) is 2.56. The molecule has 0 saturated heterocycles. The van der Waals surface area contributed by atoms with Crippen molar-refractivity contribution in [2.75, 3.05) is 20.3 Å². The zero-order valence-corrected chi connectivity index (χ0v) is 18.4. The van der Waals surface area contributed by atoms with Gasteiger partial charge in [0.1, 0.15) is 6.54 Å². The summed E-state index contributed by atoms with van der Waals surface area (Å²) in [5.74, 6) is -1.55. The number of carbonyl (C=O) groups is 2. The normalized spacial score (nSPS) is 12.0. The Hall–Kier alpha value is -3.50. The summed E-state index contributed by atoms with van der Waals surface area (Å²) < 4.78 is 19.3. The maximum absolute atomic E-state index is 12.8. The number of benzene rings is 2. The van der Waals surface area contributed by atoms with Gasteiger partial charge in [-0.05, 0) is 37.3 Å². The number of rotatable bonds is 7. The zero-order chi connectivity index (χ0) is 22.7. The summed E-state index contributed by atoms with van der Waals surface area (Å²) in [6.45, 7) is 3.14. The van der Waals surface area contributed by atoms with E-state index in [-0.39, 0.29) is 6.54 Å². The Kier molecular flexibility index (Phi) is 6.33. The van der Waals surface area contributed by atoms with Crippen LogP contribution < -0.4 is 10.6 Å². The van der Waals surface area contributed by atoms with Gasteiger partial charge in [-0.2, -0.15) is 4.99 Å². The van der Waals surface area contributed by atoms with Crippen LogP contribution in [0.1, 0.15) is 17.3 Å². The van der Waals surface area contributed by atoms with Crippen LogP contribution in [0.3, 0.4) is 0 Å². The van der Waals surface area contributed by atoms with Gasteiger partial charge >= 0.3 is 11.7 Å². The van der Waals surface area contributed by atoms with Crippen LogP contribution in [0.4, 0.5) is 0 Å². The first-order valence-electron chi connectivity index (χ1n) is 9.97. The van der Waals surface area contributed by atoms with Gasteiger partial charge in [0.25, 0.3) is 5.91 Å². The summed E-state index contributed by atoms with van der Waals surface area (Å²) in [6.07, 6.45) is 0. The van der Waals surface area contributed by atoms with Crippen molar-refractivity contribution in [1.82, 2.24) is 9.13 Å². The van der Waals surface area contributed by atoms with Crippen molar-refractivity contribution in [3.8, 4) is 0 Å². The molecule has 1 amide bonds. The second kappa shape index (κ2) is 9.33. The lowest BCUT2D eigenvalue weighted by Gasteiger charge is -2.06. The van der Waals surface area contributed by atoms with Crippen LogP contribution in [0, 0.1) is 0 Å². The number of fused-ring (bicyclic) bond motifs is 2. The molecule has 2 aromatic heterocycles. The minimum Gasteiger partial charge on any atom is -0.465 e. The molecule has 166 valence electrons. The van der Waals surface area contributed by atoms with Crippen LogP contribution in [-0.2, 0) is 27.4 Å².